The molecular weight excluding hydrogens is 208 g/mol. The molecule has 0 saturated heterocycles. The minimum atomic E-state index is -0.111. The van der Waals surface area contributed by atoms with Crippen LogP contribution in [0.1, 0.15) is 46.5 Å². The highest BCUT2D eigenvalue weighted by Gasteiger charge is 2.14. The fourth-order valence-electron chi connectivity index (χ4n) is 1.31. The summed E-state index contributed by atoms with van der Waals surface area (Å²) in [6.45, 7) is 6.76. The molecule has 90 valence electrons. The highest BCUT2D eigenvalue weighted by Crippen LogP contribution is 2.13. The predicted molar refractivity (Wildman–Crippen MR) is 67.3 cm³/mol. The van der Waals surface area contributed by atoms with Crippen LogP contribution in [0, 0.1) is 11.8 Å². The van der Waals surface area contributed by atoms with Gasteiger partial charge in [0.25, 0.3) is 0 Å². The average Bonchev–Trinajstić information content (AvgIpc) is 2.27. The Morgan fingerprint density at radius 3 is 2.53 bits per heavy atom. The molecule has 0 radical (unpaired) electrons. The van der Waals surface area contributed by atoms with Gasteiger partial charge in [-0.3, -0.25) is 4.79 Å². The second kappa shape index (κ2) is 9.08. The van der Waals surface area contributed by atoms with Crippen LogP contribution in [-0.4, -0.2) is 18.3 Å². The van der Waals surface area contributed by atoms with E-state index in [0.717, 1.165) is 12.8 Å². The maximum atomic E-state index is 11.4. The number of esters is 1. The number of hydrogen-bond donors (Lipinski definition) is 1. The summed E-state index contributed by atoms with van der Waals surface area (Å²) in [7, 11) is 0. The molecule has 0 spiro atoms. The number of unbranched alkanes of at least 4 members (excludes halogenated alkanes) is 1. The number of ether oxygens (including phenoxy) is 1. The Balaban J connectivity index is 3.74. The lowest BCUT2D eigenvalue weighted by Crippen LogP contribution is -2.20. The third kappa shape index (κ3) is 6.82. The van der Waals surface area contributed by atoms with Crippen molar-refractivity contribution in [2.45, 2.75) is 46.5 Å². The van der Waals surface area contributed by atoms with Crippen molar-refractivity contribution in [3.8, 4) is 0 Å². The van der Waals surface area contributed by atoms with E-state index in [1.165, 1.54) is 12.8 Å². The Labute approximate surface area is 99.2 Å². The molecule has 0 rings (SSSR count). The maximum absolute atomic E-state index is 11.4. The zero-order valence-electron chi connectivity index (χ0n) is 10.2. The van der Waals surface area contributed by atoms with Crippen LogP contribution in [0.5, 0.6) is 0 Å². The van der Waals surface area contributed by atoms with Gasteiger partial charge in [0.2, 0.25) is 0 Å². The molecule has 0 bridgehead atoms. The molecule has 15 heavy (non-hydrogen) atoms. The van der Waals surface area contributed by atoms with Crippen LogP contribution in [0.3, 0.4) is 0 Å². The quantitative estimate of drug-likeness (QED) is 0.513. The summed E-state index contributed by atoms with van der Waals surface area (Å²) in [5, 5.41) is 0. The topological polar surface area (TPSA) is 26.3 Å². The smallest absolute Gasteiger partial charge is 0.309 e. The van der Waals surface area contributed by atoms with Crippen molar-refractivity contribution in [1.82, 2.24) is 0 Å². The van der Waals surface area contributed by atoms with E-state index in [4.69, 9.17) is 4.74 Å². The number of rotatable bonds is 8. The summed E-state index contributed by atoms with van der Waals surface area (Å²) in [6.07, 6.45) is 4.67. The van der Waals surface area contributed by atoms with E-state index in [1.807, 2.05) is 6.92 Å². The average molecular weight is 232 g/mol. The van der Waals surface area contributed by atoms with Crippen LogP contribution in [0.4, 0.5) is 0 Å². The monoisotopic (exact) mass is 232 g/mol. The molecule has 2 unspecified atom stereocenters. The summed E-state index contributed by atoms with van der Waals surface area (Å²) in [5.41, 5.74) is 0. The fourth-order valence-corrected chi connectivity index (χ4v) is 1.46. The van der Waals surface area contributed by atoms with Crippen molar-refractivity contribution >= 4 is 18.6 Å². The largest absolute Gasteiger partial charge is 0.465 e. The molecule has 0 heterocycles. The predicted octanol–water partition coefficient (Wildman–Crippen LogP) is 3.31. The first-order valence-corrected chi connectivity index (χ1v) is 6.56. The Morgan fingerprint density at radius 1 is 1.40 bits per heavy atom. The second-order valence-corrected chi connectivity index (χ2v) is 4.50. The van der Waals surface area contributed by atoms with Crippen LogP contribution >= 0.6 is 12.6 Å². The number of carbonyl (C=O) groups excluding carboxylic acids is 1. The van der Waals surface area contributed by atoms with E-state index in [9.17, 15) is 4.79 Å². The lowest BCUT2D eigenvalue weighted by atomic mass is 10.0. The standard InChI is InChI=1S/C12H24O2S/c1-4-6-7-11(5-2)8-14-12(13)10(3)9-15/h10-11,15H,4-9H2,1-3H3. The van der Waals surface area contributed by atoms with Gasteiger partial charge < -0.3 is 4.74 Å². The van der Waals surface area contributed by atoms with Crippen LogP contribution in [0.2, 0.25) is 0 Å². The van der Waals surface area contributed by atoms with E-state index in [0.29, 0.717) is 18.3 Å². The molecular formula is C12H24O2S. The third-order valence-electron chi connectivity index (χ3n) is 2.68. The van der Waals surface area contributed by atoms with Crippen molar-refractivity contribution in [2.75, 3.05) is 12.4 Å². The van der Waals surface area contributed by atoms with Crippen LogP contribution in [0.15, 0.2) is 0 Å². The highest BCUT2D eigenvalue weighted by atomic mass is 32.1. The Hall–Kier alpha value is -0.180. The summed E-state index contributed by atoms with van der Waals surface area (Å²) in [4.78, 5) is 11.4. The molecule has 2 atom stereocenters. The Kier molecular flexibility index (Phi) is 8.97. The number of carbonyl (C=O) groups is 1. The minimum Gasteiger partial charge on any atom is -0.465 e. The molecule has 0 fully saturated rings. The molecule has 0 saturated carbocycles. The van der Waals surface area contributed by atoms with Crippen LogP contribution in [0.25, 0.3) is 0 Å². The summed E-state index contributed by atoms with van der Waals surface area (Å²) < 4.78 is 5.26. The second-order valence-electron chi connectivity index (χ2n) is 4.13. The van der Waals surface area contributed by atoms with E-state index in [2.05, 4.69) is 26.5 Å². The molecule has 0 N–H and O–H groups in total. The molecule has 2 nitrogen and oxygen atoms in total. The van der Waals surface area contributed by atoms with Crippen molar-refractivity contribution in [3.63, 3.8) is 0 Å². The van der Waals surface area contributed by atoms with Crippen LogP contribution < -0.4 is 0 Å². The molecule has 0 aromatic rings. The van der Waals surface area contributed by atoms with E-state index >= 15 is 0 Å². The van der Waals surface area contributed by atoms with Gasteiger partial charge in [-0.1, -0.05) is 40.0 Å². The molecule has 3 heteroatoms. The van der Waals surface area contributed by atoms with Gasteiger partial charge in [0, 0.05) is 5.75 Å². The maximum Gasteiger partial charge on any atom is 0.309 e. The zero-order chi connectivity index (χ0) is 11.7. The first-order chi connectivity index (χ1) is 7.15. The van der Waals surface area contributed by atoms with Gasteiger partial charge in [-0.05, 0) is 12.3 Å². The van der Waals surface area contributed by atoms with E-state index in [1.54, 1.807) is 0 Å². The normalized spacial score (nSPS) is 14.7. The summed E-state index contributed by atoms with van der Waals surface area (Å²) >= 11 is 4.08. The Bertz CT molecular complexity index is 171. The van der Waals surface area contributed by atoms with Gasteiger partial charge in [0.05, 0.1) is 12.5 Å². The van der Waals surface area contributed by atoms with Crippen molar-refractivity contribution in [1.29, 1.82) is 0 Å². The first kappa shape index (κ1) is 14.8. The van der Waals surface area contributed by atoms with Gasteiger partial charge in [-0.25, -0.2) is 0 Å². The van der Waals surface area contributed by atoms with Gasteiger partial charge in [-0.2, -0.15) is 12.6 Å². The van der Waals surface area contributed by atoms with Gasteiger partial charge in [0.15, 0.2) is 0 Å². The lowest BCUT2D eigenvalue weighted by molar-refractivity contribution is -0.148. The van der Waals surface area contributed by atoms with Gasteiger partial charge >= 0.3 is 5.97 Å². The number of hydrogen-bond acceptors (Lipinski definition) is 3. The SMILES string of the molecule is CCCCC(CC)COC(=O)C(C)CS. The molecule has 0 aliphatic heterocycles. The minimum absolute atomic E-state index is 0.0861. The highest BCUT2D eigenvalue weighted by molar-refractivity contribution is 7.80. The molecule has 0 aliphatic carbocycles. The summed E-state index contributed by atoms with van der Waals surface area (Å²) in [6, 6.07) is 0. The molecule has 0 amide bonds. The molecule has 0 aromatic carbocycles. The Morgan fingerprint density at radius 2 is 2.07 bits per heavy atom. The van der Waals surface area contributed by atoms with E-state index < -0.39 is 0 Å². The third-order valence-corrected chi connectivity index (χ3v) is 3.23. The van der Waals surface area contributed by atoms with Crippen molar-refractivity contribution in [3.05, 3.63) is 0 Å². The van der Waals surface area contributed by atoms with Gasteiger partial charge in [0.1, 0.15) is 0 Å². The summed E-state index contributed by atoms with van der Waals surface area (Å²) in [5.74, 6) is 0.892. The molecule has 0 aromatic heterocycles. The fraction of sp³-hybridized carbons (Fsp3) is 0.917. The zero-order valence-corrected chi connectivity index (χ0v) is 11.1. The number of thiol groups is 1. The van der Waals surface area contributed by atoms with E-state index in [-0.39, 0.29) is 11.9 Å². The van der Waals surface area contributed by atoms with Crippen molar-refractivity contribution in [2.24, 2.45) is 11.8 Å². The van der Waals surface area contributed by atoms with Crippen molar-refractivity contribution < 1.29 is 9.53 Å². The van der Waals surface area contributed by atoms with Gasteiger partial charge in [-0.15, -0.1) is 0 Å². The van der Waals surface area contributed by atoms with Crippen LogP contribution in [-0.2, 0) is 9.53 Å². The molecule has 0 aliphatic rings. The lowest BCUT2D eigenvalue weighted by Gasteiger charge is -2.16. The first-order valence-electron chi connectivity index (χ1n) is 5.93.